The van der Waals surface area contributed by atoms with E-state index in [1.807, 2.05) is 37.3 Å². The van der Waals surface area contributed by atoms with Crippen molar-refractivity contribution in [3.8, 4) is 0 Å². The molecule has 0 spiro atoms. The van der Waals surface area contributed by atoms with Gasteiger partial charge in [0.2, 0.25) is 10.0 Å². The number of aryl methyl sites for hydroxylation is 2. The van der Waals surface area contributed by atoms with Crippen LogP contribution in [0, 0.1) is 13.8 Å². The number of benzene rings is 1. The summed E-state index contributed by atoms with van der Waals surface area (Å²) in [7, 11) is -1.92. The smallest absolute Gasteiger partial charge is 0.243 e. The van der Waals surface area contributed by atoms with Gasteiger partial charge in [0.1, 0.15) is 0 Å². The number of hydrogen-bond acceptors (Lipinski definition) is 3. The molecule has 2 aromatic rings. The highest BCUT2D eigenvalue weighted by Crippen LogP contribution is 2.21. The summed E-state index contributed by atoms with van der Waals surface area (Å²) >= 11 is 0. The van der Waals surface area contributed by atoms with Crippen molar-refractivity contribution in [3.63, 3.8) is 0 Å². The van der Waals surface area contributed by atoms with E-state index < -0.39 is 10.0 Å². The summed E-state index contributed by atoms with van der Waals surface area (Å²) in [6, 6.07) is 10.9. The molecule has 1 aromatic heterocycles. The molecular formula is C15H18N2O2S. The summed E-state index contributed by atoms with van der Waals surface area (Å²) in [6.07, 6.45) is 1.66. The Morgan fingerprint density at radius 1 is 1.15 bits per heavy atom. The summed E-state index contributed by atoms with van der Waals surface area (Å²) < 4.78 is 26.5. The van der Waals surface area contributed by atoms with Gasteiger partial charge in [-0.1, -0.05) is 18.2 Å². The zero-order chi connectivity index (χ0) is 14.8. The lowest BCUT2D eigenvalue weighted by Crippen LogP contribution is -2.27. The summed E-state index contributed by atoms with van der Waals surface area (Å²) in [5, 5.41) is 0. The van der Waals surface area contributed by atoms with Gasteiger partial charge in [0.25, 0.3) is 0 Å². The Morgan fingerprint density at radius 3 is 2.55 bits per heavy atom. The van der Waals surface area contributed by atoms with E-state index in [0.29, 0.717) is 4.90 Å². The van der Waals surface area contributed by atoms with Crippen LogP contribution in [-0.2, 0) is 16.6 Å². The Kier molecular flexibility index (Phi) is 4.20. The van der Waals surface area contributed by atoms with Crippen molar-refractivity contribution < 1.29 is 8.42 Å². The van der Waals surface area contributed by atoms with Gasteiger partial charge < -0.3 is 0 Å². The molecule has 0 radical (unpaired) electrons. The molecule has 0 amide bonds. The van der Waals surface area contributed by atoms with E-state index in [9.17, 15) is 8.42 Å². The quantitative estimate of drug-likeness (QED) is 0.869. The second kappa shape index (κ2) is 5.73. The molecular weight excluding hydrogens is 272 g/mol. The Hall–Kier alpha value is -1.72. The van der Waals surface area contributed by atoms with E-state index in [1.165, 1.54) is 4.31 Å². The van der Waals surface area contributed by atoms with Crippen molar-refractivity contribution in [2.45, 2.75) is 25.3 Å². The fourth-order valence-electron chi connectivity index (χ4n) is 1.96. The molecule has 0 aliphatic heterocycles. The third-order valence-electron chi connectivity index (χ3n) is 3.14. The minimum atomic E-state index is -3.50. The molecule has 0 fully saturated rings. The zero-order valence-electron chi connectivity index (χ0n) is 11.9. The van der Waals surface area contributed by atoms with Crippen molar-refractivity contribution in [2.75, 3.05) is 7.05 Å². The fraction of sp³-hybridized carbons (Fsp3) is 0.267. The Morgan fingerprint density at radius 2 is 1.90 bits per heavy atom. The molecule has 0 saturated carbocycles. The average molecular weight is 290 g/mol. The van der Waals surface area contributed by atoms with Crippen molar-refractivity contribution >= 4 is 10.0 Å². The highest BCUT2D eigenvalue weighted by atomic mass is 32.2. The Balaban J connectivity index is 2.32. The first-order chi connectivity index (χ1) is 9.41. The Labute approximate surface area is 120 Å². The molecule has 0 N–H and O–H groups in total. The molecule has 4 nitrogen and oxygen atoms in total. The Bertz CT molecular complexity index is 697. The largest absolute Gasteiger partial charge is 0.260 e. The molecule has 0 bridgehead atoms. The van der Waals surface area contributed by atoms with Crippen LogP contribution in [0.5, 0.6) is 0 Å². The standard InChI is InChI=1S/C15H18N2O2S/c1-12-7-8-13(2)15(10-12)20(18,19)17(3)11-14-6-4-5-9-16-14/h4-10H,11H2,1-3H3. The monoisotopic (exact) mass is 290 g/mol. The molecule has 0 saturated heterocycles. The zero-order valence-corrected chi connectivity index (χ0v) is 12.7. The maximum absolute atomic E-state index is 12.6. The number of sulfonamides is 1. The van der Waals surface area contributed by atoms with Gasteiger partial charge >= 0.3 is 0 Å². The normalized spacial score (nSPS) is 11.8. The van der Waals surface area contributed by atoms with Gasteiger partial charge in [-0.25, -0.2) is 8.42 Å². The van der Waals surface area contributed by atoms with E-state index >= 15 is 0 Å². The molecule has 0 atom stereocenters. The second-order valence-corrected chi connectivity index (χ2v) is 6.86. The molecule has 106 valence electrons. The first-order valence-corrected chi connectivity index (χ1v) is 7.79. The van der Waals surface area contributed by atoms with Gasteiger partial charge in [-0.05, 0) is 43.2 Å². The van der Waals surface area contributed by atoms with Gasteiger partial charge in [0.05, 0.1) is 17.1 Å². The molecule has 0 aliphatic carbocycles. The highest BCUT2D eigenvalue weighted by Gasteiger charge is 2.23. The van der Waals surface area contributed by atoms with E-state index in [1.54, 1.807) is 26.2 Å². The number of pyridine rings is 1. The predicted octanol–water partition coefficient (Wildman–Crippen LogP) is 2.52. The van der Waals surface area contributed by atoms with E-state index in [4.69, 9.17) is 0 Å². The third kappa shape index (κ3) is 3.05. The lowest BCUT2D eigenvalue weighted by molar-refractivity contribution is 0.461. The SMILES string of the molecule is Cc1ccc(C)c(S(=O)(=O)N(C)Cc2ccccn2)c1. The number of hydrogen-bond donors (Lipinski definition) is 0. The molecule has 5 heteroatoms. The lowest BCUT2D eigenvalue weighted by Gasteiger charge is -2.18. The third-order valence-corrected chi connectivity index (χ3v) is 5.09. The summed E-state index contributed by atoms with van der Waals surface area (Å²) in [5.41, 5.74) is 2.41. The highest BCUT2D eigenvalue weighted by molar-refractivity contribution is 7.89. The molecule has 1 aromatic carbocycles. The van der Waals surface area contributed by atoms with Gasteiger partial charge in [0.15, 0.2) is 0 Å². The molecule has 1 heterocycles. The van der Waals surface area contributed by atoms with E-state index in [-0.39, 0.29) is 6.54 Å². The first-order valence-electron chi connectivity index (χ1n) is 6.35. The number of aromatic nitrogens is 1. The second-order valence-electron chi connectivity index (χ2n) is 4.85. The van der Waals surface area contributed by atoms with E-state index in [2.05, 4.69) is 4.98 Å². The van der Waals surface area contributed by atoms with Crippen LogP contribution in [0.3, 0.4) is 0 Å². The van der Waals surface area contributed by atoms with Gasteiger partial charge in [-0.3, -0.25) is 4.98 Å². The van der Waals surface area contributed by atoms with Crippen molar-refractivity contribution in [1.29, 1.82) is 0 Å². The van der Waals surface area contributed by atoms with Crippen LogP contribution in [0.2, 0.25) is 0 Å². The van der Waals surface area contributed by atoms with Crippen LogP contribution < -0.4 is 0 Å². The van der Waals surface area contributed by atoms with Gasteiger partial charge in [-0.2, -0.15) is 4.31 Å². The minimum absolute atomic E-state index is 0.260. The maximum atomic E-state index is 12.6. The summed E-state index contributed by atoms with van der Waals surface area (Å²) in [6.45, 7) is 3.95. The van der Waals surface area contributed by atoms with Crippen molar-refractivity contribution in [1.82, 2.24) is 9.29 Å². The molecule has 20 heavy (non-hydrogen) atoms. The maximum Gasteiger partial charge on any atom is 0.243 e. The van der Waals surface area contributed by atoms with Crippen molar-refractivity contribution in [3.05, 3.63) is 59.4 Å². The summed E-state index contributed by atoms with van der Waals surface area (Å²) in [5.74, 6) is 0. The van der Waals surface area contributed by atoms with Gasteiger partial charge in [-0.15, -0.1) is 0 Å². The predicted molar refractivity (Wildman–Crippen MR) is 78.8 cm³/mol. The topological polar surface area (TPSA) is 50.3 Å². The first kappa shape index (κ1) is 14.7. The van der Waals surface area contributed by atoms with Crippen LogP contribution in [0.1, 0.15) is 16.8 Å². The van der Waals surface area contributed by atoms with Crippen LogP contribution >= 0.6 is 0 Å². The van der Waals surface area contributed by atoms with Gasteiger partial charge in [0, 0.05) is 13.2 Å². The van der Waals surface area contributed by atoms with E-state index in [0.717, 1.165) is 16.8 Å². The fourth-order valence-corrected chi connectivity index (χ4v) is 3.41. The lowest BCUT2D eigenvalue weighted by atomic mass is 10.2. The molecule has 0 unspecified atom stereocenters. The van der Waals surface area contributed by atoms with Crippen molar-refractivity contribution in [2.24, 2.45) is 0 Å². The number of rotatable bonds is 4. The number of nitrogens with zero attached hydrogens (tertiary/aromatic N) is 2. The van der Waals surface area contributed by atoms with Crippen LogP contribution in [0.4, 0.5) is 0 Å². The minimum Gasteiger partial charge on any atom is -0.260 e. The van der Waals surface area contributed by atoms with Crippen LogP contribution in [0.15, 0.2) is 47.5 Å². The van der Waals surface area contributed by atoms with Crippen LogP contribution in [0.25, 0.3) is 0 Å². The summed E-state index contributed by atoms with van der Waals surface area (Å²) in [4.78, 5) is 4.52. The molecule has 2 rings (SSSR count). The van der Waals surface area contributed by atoms with Crippen LogP contribution in [-0.4, -0.2) is 24.8 Å². The molecule has 0 aliphatic rings. The average Bonchev–Trinajstić information content (AvgIpc) is 2.42.